The SMILES string of the molecule is CP(C)OC(=O)C1=C(CCl)CS[C@@H]2[C@H](N)C(=O)N12. The first-order chi connectivity index (χ1) is 8.47. The van der Waals surface area contributed by atoms with Gasteiger partial charge in [0, 0.05) is 11.6 Å². The summed E-state index contributed by atoms with van der Waals surface area (Å²) in [4.78, 5) is 25.2. The second-order valence-electron chi connectivity index (χ2n) is 4.21. The molecule has 0 aromatic rings. The van der Waals surface area contributed by atoms with Crippen molar-refractivity contribution in [3.63, 3.8) is 0 Å². The third-order valence-corrected chi connectivity index (χ3v) is 4.92. The number of carbonyl (C=O) groups excluding carboxylic acids is 2. The Bertz CT molecular complexity index is 429. The van der Waals surface area contributed by atoms with Crippen LogP contribution in [0.2, 0.25) is 0 Å². The van der Waals surface area contributed by atoms with Crippen LogP contribution < -0.4 is 5.73 Å². The standard InChI is InChI=1S/C10H14ClN2O3PS/c1-17(2)16-10(15)7-5(3-11)4-18-9-6(12)8(14)13(7)9/h6,9H,3-4,12H2,1-2H3/t6-,9-/m1/s1. The van der Waals surface area contributed by atoms with Crippen LogP contribution in [0.25, 0.3) is 0 Å². The fourth-order valence-electron chi connectivity index (χ4n) is 1.88. The second-order valence-corrected chi connectivity index (χ2v) is 7.39. The zero-order valence-corrected chi connectivity index (χ0v) is 12.5. The Kier molecular flexibility index (Phi) is 4.22. The molecule has 1 saturated heterocycles. The zero-order valence-electron chi connectivity index (χ0n) is 10.1. The number of nitrogens with two attached hydrogens (primary N) is 1. The average molecular weight is 309 g/mol. The molecular weight excluding hydrogens is 295 g/mol. The van der Waals surface area contributed by atoms with E-state index in [-0.39, 0.29) is 17.2 Å². The Labute approximate surface area is 116 Å². The number of hydrogen-bond donors (Lipinski definition) is 1. The predicted octanol–water partition coefficient (Wildman–Crippen LogP) is 0.921. The van der Waals surface area contributed by atoms with Gasteiger partial charge in [0.2, 0.25) is 5.91 Å². The van der Waals surface area contributed by atoms with E-state index in [0.717, 1.165) is 5.57 Å². The van der Waals surface area contributed by atoms with Crippen LogP contribution >= 0.6 is 31.5 Å². The van der Waals surface area contributed by atoms with Gasteiger partial charge in [-0.25, -0.2) is 4.79 Å². The molecule has 0 spiro atoms. The van der Waals surface area contributed by atoms with Gasteiger partial charge in [-0.1, -0.05) is 0 Å². The molecule has 2 N–H and O–H groups in total. The van der Waals surface area contributed by atoms with E-state index in [1.165, 1.54) is 16.7 Å². The van der Waals surface area contributed by atoms with Gasteiger partial charge in [-0.15, -0.1) is 23.4 Å². The average Bonchev–Trinajstić information content (AvgIpc) is 2.35. The van der Waals surface area contributed by atoms with Gasteiger partial charge in [-0.2, -0.15) is 0 Å². The number of hydrogen-bond acceptors (Lipinski definition) is 5. The van der Waals surface area contributed by atoms with Crippen molar-refractivity contribution in [3.8, 4) is 0 Å². The Morgan fingerprint density at radius 1 is 1.67 bits per heavy atom. The summed E-state index contributed by atoms with van der Waals surface area (Å²) in [6.07, 6.45) is 0. The molecule has 8 heteroatoms. The first-order valence-electron chi connectivity index (χ1n) is 5.35. The molecule has 0 aliphatic carbocycles. The normalized spacial score (nSPS) is 27.2. The fraction of sp³-hybridized carbons (Fsp3) is 0.600. The summed E-state index contributed by atoms with van der Waals surface area (Å²) in [6, 6.07) is -0.528. The zero-order chi connectivity index (χ0) is 13.4. The minimum atomic E-state index is -0.826. The smallest absolute Gasteiger partial charge is 0.357 e. The summed E-state index contributed by atoms with van der Waals surface area (Å²) in [5.41, 5.74) is 6.75. The van der Waals surface area contributed by atoms with Gasteiger partial charge < -0.3 is 10.3 Å². The first-order valence-corrected chi connectivity index (χ1v) is 9.09. The molecule has 2 aliphatic heterocycles. The summed E-state index contributed by atoms with van der Waals surface area (Å²) < 4.78 is 5.22. The molecule has 2 rings (SSSR count). The molecular formula is C10H14ClN2O3PS. The minimum Gasteiger partial charge on any atom is -0.441 e. The second kappa shape index (κ2) is 5.37. The summed E-state index contributed by atoms with van der Waals surface area (Å²) in [7, 11) is -0.826. The molecule has 0 aromatic carbocycles. The third kappa shape index (κ3) is 2.27. The number of fused-ring (bicyclic) bond motifs is 1. The van der Waals surface area contributed by atoms with Gasteiger partial charge in [0.25, 0.3) is 0 Å². The number of carbonyl (C=O) groups is 2. The van der Waals surface area contributed by atoms with Crippen LogP contribution in [0, 0.1) is 0 Å². The van der Waals surface area contributed by atoms with Crippen molar-refractivity contribution in [2.45, 2.75) is 11.4 Å². The van der Waals surface area contributed by atoms with Gasteiger partial charge in [-0.3, -0.25) is 9.69 Å². The van der Waals surface area contributed by atoms with E-state index in [1.807, 2.05) is 13.3 Å². The molecule has 0 saturated carbocycles. The van der Waals surface area contributed by atoms with Gasteiger partial charge in [-0.05, 0) is 18.9 Å². The van der Waals surface area contributed by atoms with Crippen LogP contribution in [0.4, 0.5) is 0 Å². The summed E-state index contributed by atoms with van der Waals surface area (Å²) in [6.45, 7) is 3.65. The molecule has 0 aromatic heterocycles. The maximum atomic E-state index is 12.1. The maximum absolute atomic E-state index is 12.1. The molecule has 2 aliphatic rings. The van der Waals surface area contributed by atoms with Crippen molar-refractivity contribution in [1.29, 1.82) is 0 Å². The molecule has 1 amide bonds. The van der Waals surface area contributed by atoms with Gasteiger partial charge in [0.1, 0.15) is 17.1 Å². The fourth-order valence-corrected chi connectivity index (χ4v) is 3.92. The Balaban J connectivity index is 2.29. The molecule has 0 bridgehead atoms. The van der Waals surface area contributed by atoms with Crippen molar-refractivity contribution in [2.75, 3.05) is 25.0 Å². The van der Waals surface area contributed by atoms with Crippen LogP contribution in [0.15, 0.2) is 11.3 Å². The van der Waals surface area contributed by atoms with Crippen molar-refractivity contribution < 1.29 is 14.1 Å². The summed E-state index contributed by atoms with van der Waals surface area (Å²) in [5.74, 6) is 0.126. The highest BCUT2D eigenvalue weighted by Crippen LogP contribution is 2.41. The number of alkyl halides is 1. The highest BCUT2D eigenvalue weighted by atomic mass is 35.5. The Morgan fingerprint density at radius 3 is 2.89 bits per heavy atom. The topological polar surface area (TPSA) is 72.6 Å². The quantitative estimate of drug-likeness (QED) is 0.477. The lowest BCUT2D eigenvalue weighted by molar-refractivity contribution is -0.146. The predicted molar refractivity (Wildman–Crippen MR) is 73.7 cm³/mol. The first kappa shape index (κ1) is 14.1. The molecule has 18 heavy (non-hydrogen) atoms. The lowest BCUT2D eigenvalue weighted by Gasteiger charge is -2.48. The van der Waals surface area contributed by atoms with E-state index in [1.54, 1.807) is 0 Å². The van der Waals surface area contributed by atoms with Crippen molar-refractivity contribution in [3.05, 3.63) is 11.3 Å². The van der Waals surface area contributed by atoms with Crippen molar-refractivity contribution >= 4 is 43.4 Å². The molecule has 0 radical (unpaired) electrons. The molecule has 5 nitrogen and oxygen atoms in total. The lowest BCUT2D eigenvalue weighted by Crippen LogP contribution is -2.68. The minimum absolute atomic E-state index is 0.160. The van der Waals surface area contributed by atoms with Crippen molar-refractivity contribution in [1.82, 2.24) is 4.90 Å². The molecule has 1 fully saturated rings. The number of rotatable bonds is 3. The van der Waals surface area contributed by atoms with Crippen LogP contribution in [0.1, 0.15) is 0 Å². The van der Waals surface area contributed by atoms with E-state index < -0.39 is 20.2 Å². The number of amides is 1. The number of thioether (sulfide) groups is 1. The van der Waals surface area contributed by atoms with Gasteiger partial charge >= 0.3 is 5.97 Å². The highest BCUT2D eigenvalue weighted by Gasteiger charge is 2.51. The van der Waals surface area contributed by atoms with E-state index in [2.05, 4.69) is 0 Å². The Hall–Kier alpha value is -0.290. The van der Waals surface area contributed by atoms with Crippen LogP contribution in [-0.4, -0.2) is 53.2 Å². The summed E-state index contributed by atoms with van der Waals surface area (Å²) in [5, 5.41) is -0.160. The maximum Gasteiger partial charge on any atom is 0.357 e. The molecule has 0 unspecified atom stereocenters. The van der Waals surface area contributed by atoms with Crippen LogP contribution in [0.5, 0.6) is 0 Å². The molecule has 100 valence electrons. The van der Waals surface area contributed by atoms with Crippen molar-refractivity contribution in [2.24, 2.45) is 5.73 Å². The Morgan fingerprint density at radius 2 is 2.33 bits per heavy atom. The third-order valence-electron chi connectivity index (χ3n) is 2.71. The lowest BCUT2D eigenvalue weighted by atomic mass is 10.0. The highest BCUT2D eigenvalue weighted by molar-refractivity contribution is 8.00. The van der Waals surface area contributed by atoms with E-state index in [9.17, 15) is 9.59 Å². The van der Waals surface area contributed by atoms with E-state index in [0.29, 0.717) is 11.4 Å². The number of β-lactam (4-membered cyclic amide) rings is 1. The number of halogens is 1. The molecule has 2 atom stereocenters. The number of nitrogens with zero attached hydrogens (tertiary/aromatic N) is 1. The van der Waals surface area contributed by atoms with Gasteiger partial charge in [0.15, 0.2) is 0 Å². The van der Waals surface area contributed by atoms with Gasteiger partial charge in [0.05, 0.1) is 8.15 Å². The largest absolute Gasteiger partial charge is 0.441 e. The van der Waals surface area contributed by atoms with E-state index >= 15 is 0 Å². The van der Waals surface area contributed by atoms with Crippen LogP contribution in [0.3, 0.4) is 0 Å². The monoisotopic (exact) mass is 308 g/mol. The summed E-state index contributed by atoms with van der Waals surface area (Å²) >= 11 is 7.37. The van der Waals surface area contributed by atoms with E-state index in [4.69, 9.17) is 21.9 Å². The molecule has 2 heterocycles. The van der Waals surface area contributed by atoms with Crippen LogP contribution in [-0.2, 0) is 14.1 Å².